The number of benzene rings is 3. The van der Waals surface area contributed by atoms with Crippen molar-refractivity contribution >= 4 is 41.5 Å². The first-order valence-corrected chi connectivity index (χ1v) is 18.9. The van der Waals surface area contributed by atoms with E-state index in [1.807, 2.05) is 66.7 Å². The number of piperidine rings is 1. The van der Waals surface area contributed by atoms with E-state index in [4.69, 9.17) is 11.5 Å². The van der Waals surface area contributed by atoms with Crippen LogP contribution in [0.2, 0.25) is 0 Å². The van der Waals surface area contributed by atoms with Crippen LogP contribution in [0.15, 0.2) is 96.0 Å². The number of nitrogens with one attached hydrogen (secondary N) is 4. The molecule has 3 aromatic carbocycles. The molecule has 9 N–H and O–H groups in total. The molecule has 5 amide bonds. The minimum atomic E-state index is -1.45. The van der Waals surface area contributed by atoms with Crippen LogP contribution in [0.3, 0.4) is 0 Å². The van der Waals surface area contributed by atoms with Gasteiger partial charge in [-0.25, -0.2) is 0 Å². The molecule has 0 saturated carbocycles. The van der Waals surface area contributed by atoms with Gasteiger partial charge in [-0.2, -0.15) is 0 Å². The van der Waals surface area contributed by atoms with Crippen molar-refractivity contribution in [2.45, 2.75) is 88.1 Å². The molecule has 296 valence electrons. The molecule has 2 saturated heterocycles. The summed E-state index contributed by atoms with van der Waals surface area (Å²) in [5.41, 5.74) is 13.6. The molecule has 0 aliphatic carbocycles. The lowest BCUT2D eigenvalue weighted by atomic mass is 9.86. The van der Waals surface area contributed by atoms with Crippen LogP contribution in [0.1, 0.15) is 55.2 Å². The number of rotatable bonds is 18. The van der Waals surface area contributed by atoms with Gasteiger partial charge in [0.1, 0.15) is 24.2 Å². The molecule has 15 heteroatoms. The Kier molecular flexibility index (Phi) is 14.5. The Bertz CT molecular complexity index is 1860. The monoisotopic (exact) mass is 766 g/mol. The Balaban J connectivity index is 1.34. The Morgan fingerprint density at radius 3 is 2.05 bits per heavy atom. The van der Waals surface area contributed by atoms with E-state index in [-0.39, 0.29) is 62.1 Å². The molecular weight excluding hydrogens is 716 g/mol. The van der Waals surface area contributed by atoms with Crippen LogP contribution in [0, 0.1) is 5.92 Å². The van der Waals surface area contributed by atoms with Crippen LogP contribution >= 0.6 is 0 Å². The van der Waals surface area contributed by atoms with Gasteiger partial charge in [0.25, 0.3) is 0 Å². The highest BCUT2D eigenvalue weighted by molar-refractivity contribution is 5.97. The summed E-state index contributed by atoms with van der Waals surface area (Å²) in [6.45, 7) is 0.243. The molecule has 0 aromatic heterocycles. The molecule has 56 heavy (non-hydrogen) atoms. The quantitative estimate of drug-likeness (QED) is 0.0558. The van der Waals surface area contributed by atoms with Crippen molar-refractivity contribution in [3.63, 3.8) is 0 Å². The van der Waals surface area contributed by atoms with Gasteiger partial charge in [0, 0.05) is 19.1 Å². The van der Waals surface area contributed by atoms with Gasteiger partial charge >= 0.3 is 5.97 Å². The van der Waals surface area contributed by atoms with Crippen LogP contribution in [0.5, 0.6) is 0 Å². The summed E-state index contributed by atoms with van der Waals surface area (Å²) in [5.74, 6) is -4.30. The van der Waals surface area contributed by atoms with E-state index in [0.29, 0.717) is 25.7 Å². The number of nitrogens with zero attached hydrogens (tertiary/aromatic N) is 2. The highest BCUT2D eigenvalue weighted by Crippen LogP contribution is 2.39. The summed E-state index contributed by atoms with van der Waals surface area (Å²) < 4.78 is 0. The van der Waals surface area contributed by atoms with Gasteiger partial charge in [0.15, 0.2) is 5.96 Å². The predicted molar refractivity (Wildman–Crippen MR) is 208 cm³/mol. The maximum Gasteiger partial charge on any atom is 0.305 e. The largest absolute Gasteiger partial charge is 0.481 e. The Hall–Kier alpha value is -6.25. The fraction of sp³-hybridized carbons (Fsp3) is 0.390. The van der Waals surface area contributed by atoms with E-state index >= 15 is 0 Å². The number of carboxylic acid groups (broad SMARTS) is 1. The SMILES string of the molecule is NC(N)=NCCC[C@H](NC(=O)[C@@H]1C[C@@H](Cc2ccccc2)C2CC[C@@H](NC(=O)Cc3ccccc3)C(=O)N21)C(=O)N[C@@H](CC(=O)O)C(=O)NCc1ccccc1. The Morgan fingerprint density at radius 1 is 0.804 bits per heavy atom. The zero-order valence-electron chi connectivity index (χ0n) is 31.1. The Labute approximate surface area is 325 Å². The third-order valence-electron chi connectivity index (χ3n) is 10.2. The first-order valence-electron chi connectivity index (χ1n) is 18.9. The first-order chi connectivity index (χ1) is 27.0. The number of amides is 5. The molecule has 0 spiro atoms. The summed E-state index contributed by atoms with van der Waals surface area (Å²) in [6.07, 6.45) is 1.57. The third kappa shape index (κ3) is 11.6. The van der Waals surface area contributed by atoms with E-state index in [1.165, 1.54) is 0 Å². The topological polar surface area (TPSA) is 238 Å². The normalized spacial score (nSPS) is 19.8. The third-order valence-corrected chi connectivity index (χ3v) is 10.2. The number of carbonyl (C=O) groups excluding carboxylic acids is 5. The average Bonchev–Trinajstić information content (AvgIpc) is 3.55. The number of hydrogen-bond donors (Lipinski definition) is 7. The molecule has 1 unspecified atom stereocenters. The van der Waals surface area contributed by atoms with Crippen LogP contribution < -0.4 is 32.7 Å². The molecular formula is C41H50N8O7. The van der Waals surface area contributed by atoms with E-state index < -0.39 is 54.3 Å². The van der Waals surface area contributed by atoms with Crippen molar-refractivity contribution in [2.75, 3.05) is 6.54 Å². The van der Waals surface area contributed by atoms with Crippen molar-refractivity contribution in [3.05, 3.63) is 108 Å². The average molecular weight is 767 g/mol. The predicted octanol–water partition coefficient (Wildman–Crippen LogP) is 1.15. The molecule has 3 aromatic rings. The standard InChI is InChI=1S/C41H50N8O7/c42-41(43)44-20-10-17-30(38(54)48-32(24-36(51)52)37(53)45-25-28-15-8-3-9-16-28)47-39(55)34-23-29(21-26-11-4-1-5-12-26)33-19-18-31(40(56)49(33)34)46-35(50)22-27-13-6-2-7-14-27/h1-9,11-16,29-34H,10,17-25H2,(H,45,53)(H,46,50)(H,47,55)(H,48,54)(H,51,52)(H4,42,43,44)/t29-,30+,31-,32+,33?,34+/m1/s1. The van der Waals surface area contributed by atoms with Crippen LogP contribution in [0.25, 0.3) is 0 Å². The molecule has 2 heterocycles. The second-order valence-electron chi connectivity index (χ2n) is 14.2. The lowest BCUT2D eigenvalue weighted by molar-refractivity contribution is -0.147. The van der Waals surface area contributed by atoms with Crippen molar-refractivity contribution in [1.29, 1.82) is 0 Å². The van der Waals surface area contributed by atoms with Gasteiger partial charge < -0.3 is 42.7 Å². The number of guanidine groups is 1. The fourth-order valence-electron chi connectivity index (χ4n) is 7.48. The fourth-order valence-corrected chi connectivity index (χ4v) is 7.48. The van der Waals surface area contributed by atoms with Gasteiger partial charge in [0.2, 0.25) is 29.5 Å². The number of aliphatic imine (C=N–C) groups is 1. The second kappa shape index (κ2) is 19.9. The number of carbonyl (C=O) groups is 6. The van der Waals surface area contributed by atoms with Gasteiger partial charge in [-0.15, -0.1) is 0 Å². The summed E-state index contributed by atoms with van der Waals surface area (Å²) in [5, 5.41) is 20.5. The van der Waals surface area contributed by atoms with Gasteiger partial charge in [-0.1, -0.05) is 91.0 Å². The van der Waals surface area contributed by atoms with E-state index in [1.54, 1.807) is 29.2 Å². The zero-order valence-corrected chi connectivity index (χ0v) is 31.1. The summed E-state index contributed by atoms with van der Waals surface area (Å²) >= 11 is 0. The molecule has 2 aliphatic rings. The van der Waals surface area contributed by atoms with Crippen LogP contribution in [-0.2, 0) is 48.2 Å². The maximum absolute atomic E-state index is 14.3. The molecule has 2 aliphatic heterocycles. The number of hydrogen-bond acceptors (Lipinski definition) is 7. The van der Waals surface area contributed by atoms with Crippen molar-refractivity contribution in [2.24, 2.45) is 22.4 Å². The van der Waals surface area contributed by atoms with Gasteiger partial charge in [-0.3, -0.25) is 33.8 Å². The van der Waals surface area contributed by atoms with Crippen LogP contribution in [0.4, 0.5) is 0 Å². The summed E-state index contributed by atoms with van der Waals surface area (Å²) in [7, 11) is 0. The number of nitrogens with two attached hydrogens (primary N) is 2. The van der Waals surface area contributed by atoms with E-state index in [9.17, 15) is 33.9 Å². The molecule has 0 radical (unpaired) electrons. The minimum Gasteiger partial charge on any atom is -0.481 e. The maximum atomic E-state index is 14.3. The number of fused-ring (bicyclic) bond motifs is 1. The van der Waals surface area contributed by atoms with E-state index in [2.05, 4.69) is 26.3 Å². The van der Waals surface area contributed by atoms with Crippen molar-refractivity contribution in [3.8, 4) is 0 Å². The lowest BCUT2D eigenvalue weighted by Gasteiger charge is -2.39. The lowest BCUT2D eigenvalue weighted by Crippen LogP contribution is -2.61. The first kappa shape index (κ1) is 40.9. The summed E-state index contributed by atoms with van der Waals surface area (Å²) in [6, 6.07) is 23.2. The molecule has 15 nitrogen and oxygen atoms in total. The van der Waals surface area contributed by atoms with Gasteiger partial charge in [-0.05, 0) is 61.1 Å². The highest BCUT2D eigenvalue weighted by atomic mass is 16.4. The molecule has 0 bridgehead atoms. The smallest absolute Gasteiger partial charge is 0.305 e. The van der Waals surface area contributed by atoms with E-state index in [0.717, 1.165) is 16.7 Å². The zero-order chi connectivity index (χ0) is 40.0. The molecule has 6 atom stereocenters. The number of aliphatic carboxylic acids is 1. The van der Waals surface area contributed by atoms with Crippen molar-refractivity contribution in [1.82, 2.24) is 26.2 Å². The molecule has 5 rings (SSSR count). The summed E-state index contributed by atoms with van der Waals surface area (Å²) in [4.78, 5) is 85.9. The molecule has 2 fully saturated rings. The highest BCUT2D eigenvalue weighted by Gasteiger charge is 2.51. The second-order valence-corrected chi connectivity index (χ2v) is 14.2. The minimum absolute atomic E-state index is 0.0372. The number of carboxylic acids is 1. The van der Waals surface area contributed by atoms with Crippen LogP contribution in [-0.4, -0.2) is 88.2 Å². The van der Waals surface area contributed by atoms with Gasteiger partial charge in [0.05, 0.1) is 12.8 Å². The van der Waals surface area contributed by atoms with Crippen molar-refractivity contribution < 1.29 is 33.9 Å². The Morgan fingerprint density at radius 2 is 1.43 bits per heavy atom.